The van der Waals surface area contributed by atoms with Crippen LogP contribution in [0.3, 0.4) is 0 Å². The number of ether oxygens (including phenoxy) is 1. The van der Waals surface area contributed by atoms with Crippen molar-refractivity contribution in [1.82, 2.24) is 0 Å². The maximum absolute atomic E-state index is 6.08. The van der Waals surface area contributed by atoms with E-state index in [1.165, 1.54) is 10.3 Å². The van der Waals surface area contributed by atoms with E-state index < -0.39 is 0 Å². The van der Waals surface area contributed by atoms with E-state index >= 15 is 0 Å². The van der Waals surface area contributed by atoms with Gasteiger partial charge in [0.2, 0.25) is 0 Å². The summed E-state index contributed by atoms with van der Waals surface area (Å²) >= 11 is 1.73. The lowest BCUT2D eigenvalue weighted by Gasteiger charge is -2.32. The number of rotatable bonds is 2. The number of thiophene rings is 1. The molecule has 0 spiro atoms. The molecule has 0 bridgehead atoms. The molecule has 3 nitrogen and oxygen atoms in total. The average Bonchev–Trinajstić information content (AvgIpc) is 3.00. The zero-order valence-corrected chi connectivity index (χ0v) is 12.9. The van der Waals surface area contributed by atoms with Crippen LogP contribution in [0.25, 0.3) is 0 Å². The maximum atomic E-state index is 6.08. The van der Waals surface area contributed by atoms with Crippen LogP contribution < -0.4 is 4.78 Å². The van der Waals surface area contributed by atoms with Crippen LogP contribution in [0.4, 0.5) is 0 Å². The third kappa shape index (κ3) is 2.37. The largest absolute Gasteiger partial charge is 0.505 e. The van der Waals surface area contributed by atoms with E-state index in [2.05, 4.69) is 39.1 Å². The van der Waals surface area contributed by atoms with E-state index in [1.807, 2.05) is 0 Å². The molecule has 5 heteroatoms. The highest BCUT2D eigenvalue weighted by molar-refractivity contribution is 7.20. The van der Waals surface area contributed by atoms with Crippen LogP contribution >= 0.6 is 11.3 Å². The van der Waals surface area contributed by atoms with Crippen LogP contribution in [0, 0.1) is 0 Å². The Balaban J connectivity index is 1.77. The van der Waals surface area contributed by atoms with Gasteiger partial charge in [-0.15, -0.1) is 0 Å². The Morgan fingerprint density at radius 3 is 2.47 bits per heavy atom. The van der Waals surface area contributed by atoms with E-state index in [-0.39, 0.29) is 18.3 Å². The summed E-state index contributed by atoms with van der Waals surface area (Å²) in [5, 5.41) is 2.22. The molecular formula is C14H21BO3S. The summed E-state index contributed by atoms with van der Waals surface area (Å²) < 4.78 is 18.8. The average molecular weight is 280 g/mol. The van der Waals surface area contributed by atoms with Crippen LogP contribution in [0.1, 0.15) is 45.6 Å². The summed E-state index contributed by atoms with van der Waals surface area (Å²) in [7, 11) is -0.230. The summed E-state index contributed by atoms with van der Waals surface area (Å²) in [6, 6.07) is 2.23. The third-order valence-electron chi connectivity index (χ3n) is 4.53. The Morgan fingerprint density at radius 1 is 1.21 bits per heavy atom. The van der Waals surface area contributed by atoms with Crippen molar-refractivity contribution in [3.63, 3.8) is 0 Å². The van der Waals surface area contributed by atoms with Crippen LogP contribution in [0.2, 0.25) is 0 Å². The van der Waals surface area contributed by atoms with Gasteiger partial charge in [0.25, 0.3) is 0 Å². The fourth-order valence-corrected chi connectivity index (χ4v) is 3.41. The molecule has 0 aromatic carbocycles. The Morgan fingerprint density at radius 2 is 1.89 bits per heavy atom. The summed E-state index contributed by atoms with van der Waals surface area (Å²) in [6.07, 6.45) is 1.12. The van der Waals surface area contributed by atoms with Crippen molar-refractivity contribution in [3.8, 4) is 0 Å². The molecule has 1 aromatic rings. The van der Waals surface area contributed by atoms with Crippen molar-refractivity contribution in [3.05, 3.63) is 17.0 Å². The van der Waals surface area contributed by atoms with Crippen LogP contribution in [0.15, 0.2) is 11.4 Å². The second-order valence-electron chi connectivity index (χ2n) is 6.43. The molecule has 19 heavy (non-hydrogen) atoms. The van der Waals surface area contributed by atoms with Gasteiger partial charge in [0.15, 0.2) is 0 Å². The normalized spacial score (nSPS) is 29.1. The highest BCUT2D eigenvalue weighted by atomic mass is 32.1. The molecule has 1 aromatic heterocycles. The lowest BCUT2D eigenvalue weighted by molar-refractivity contribution is 0.00578. The Bertz CT molecular complexity index is 447. The van der Waals surface area contributed by atoms with Gasteiger partial charge in [0, 0.05) is 17.3 Å². The van der Waals surface area contributed by atoms with Crippen molar-refractivity contribution in [2.24, 2.45) is 0 Å². The topological polar surface area (TPSA) is 27.7 Å². The molecule has 2 aliphatic rings. The predicted molar refractivity (Wildman–Crippen MR) is 78.2 cm³/mol. The van der Waals surface area contributed by atoms with E-state index in [4.69, 9.17) is 14.0 Å². The van der Waals surface area contributed by atoms with Gasteiger partial charge in [-0.2, -0.15) is 11.3 Å². The first-order chi connectivity index (χ1) is 8.89. The Kier molecular flexibility index (Phi) is 3.29. The van der Waals surface area contributed by atoms with Crippen LogP contribution in [-0.2, 0) is 14.0 Å². The molecule has 2 fully saturated rings. The van der Waals surface area contributed by atoms with Gasteiger partial charge >= 0.3 is 7.12 Å². The van der Waals surface area contributed by atoms with E-state index in [9.17, 15) is 0 Å². The van der Waals surface area contributed by atoms with Gasteiger partial charge in [-0.25, -0.2) is 0 Å². The zero-order valence-electron chi connectivity index (χ0n) is 12.1. The molecule has 104 valence electrons. The molecule has 1 atom stereocenters. The summed E-state index contributed by atoms with van der Waals surface area (Å²) in [5.74, 6) is 0.549. The lowest BCUT2D eigenvalue weighted by Crippen LogP contribution is -2.41. The first-order valence-corrected chi connectivity index (χ1v) is 7.79. The first kappa shape index (κ1) is 13.6. The molecule has 1 unspecified atom stereocenters. The highest BCUT2D eigenvalue weighted by Crippen LogP contribution is 2.37. The second kappa shape index (κ2) is 4.59. The summed E-state index contributed by atoms with van der Waals surface area (Å²) in [6.45, 7) is 10.1. The molecule has 0 saturated carbocycles. The fraction of sp³-hybridized carbons (Fsp3) is 0.714. The van der Waals surface area contributed by atoms with Gasteiger partial charge in [0.1, 0.15) is 0 Å². The van der Waals surface area contributed by atoms with Crippen molar-refractivity contribution >= 4 is 23.2 Å². The van der Waals surface area contributed by atoms with Gasteiger partial charge in [0.05, 0.1) is 17.8 Å². The Hall–Kier alpha value is -0.355. The predicted octanol–water partition coefficient (Wildman–Crippen LogP) is 2.55. The number of hydrogen-bond acceptors (Lipinski definition) is 4. The van der Waals surface area contributed by atoms with E-state index in [0.29, 0.717) is 5.92 Å². The smallest absolute Gasteiger partial charge is 0.399 e. The third-order valence-corrected chi connectivity index (χ3v) is 5.50. The van der Waals surface area contributed by atoms with Crippen LogP contribution in [-0.4, -0.2) is 31.5 Å². The zero-order chi connectivity index (χ0) is 13.7. The quantitative estimate of drug-likeness (QED) is 0.779. The van der Waals surface area contributed by atoms with E-state index in [0.717, 1.165) is 19.6 Å². The minimum atomic E-state index is -0.266. The molecule has 0 amide bonds. The minimum absolute atomic E-state index is 0.230. The van der Waals surface area contributed by atoms with Crippen molar-refractivity contribution < 1.29 is 14.0 Å². The first-order valence-electron chi connectivity index (χ1n) is 6.91. The molecule has 3 rings (SSSR count). The monoisotopic (exact) mass is 280 g/mol. The van der Waals surface area contributed by atoms with Crippen molar-refractivity contribution in [1.29, 1.82) is 0 Å². The molecule has 0 radical (unpaired) electrons. The molecule has 2 saturated heterocycles. The molecular weight excluding hydrogens is 259 g/mol. The SMILES string of the molecule is CC1(C)OB(c2cc(C3CCOC3)cs2)OC1(C)C. The van der Waals surface area contributed by atoms with Crippen molar-refractivity contribution in [2.45, 2.75) is 51.2 Å². The summed E-state index contributed by atoms with van der Waals surface area (Å²) in [4.78, 5) is 0. The van der Waals surface area contributed by atoms with Gasteiger partial charge in [-0.05, 0) is 51.1 Å². The van der Waals surface area contributed by atoms with E-state index in [1.54, 1.807) is 11.3 Å². The molecule has 0 aliphatic carbocycles. The van der Waals surface area contributed by atoms with Crippen LogP contribution in [0.5, 0.6) is 0 Å². The van der Waals surface area contributed by atoms with Gasteiger partial charge in [-0.3, -0.25) is 0 Å². The molecule has 2 aliphatic heterocycles. The maximum Gasteiger partial charge on any atom is 0.505 e. The highest BCUT2D eigenvalue weighted by Gasteiger charge is 2.52. The van der Waals surface area contributed by atoms with Gasteiger partial charge in [-0.1, -0.05) is 0 Å². The Labute approximate surface area is 119 Å². The lowest BCUT2D eigenvalue weighted by atomic mass is 9.86. The standard InChI is InChI=1S/C14H21BO3S/c1-13(2)14(3,4)18-15(17-13)12-7-11(9-19-12)10-5-6-16-8-10/h7,9-10H,5-6,8H2,1-4H3. The minimum Gasteiger partial charge on any atom is -0.399 e. The second-order valence-corrected chi connectivity index (χ2v) is 7.37. The fourth-order valence-electron chi connectivity index (χ4n) is 2.46. The summed E-state index contributed by atoms with van der Waals surface area (Å²) in [5.41, 5.74) is 0.837. The van der Waals surface area contributed by atoms with Gasteiger partial charge < -0.3 is 14.0 Å². The molecule has 0 N–H and O–H groups in total. The number of hydrogen-bond donors (Lipinski definition) is 0. The molecule has 3 heterocycles. The van der Waals surface area contributed by atoms with Crippen molar-refractivity contribution in [2.75, 3.05) is 13.2 Å².